The van der Waals surface area contributed by atoms with Gasteiger partial charge in [-0.25, -0.2) is 9.38 Å². The summed E-state index contributed by atoms with van der Waals surface area (Å²) in [6.07, 6.45) is 5.71. The average Bonchev–Trinajstić information content (AvgIpc) is 2.31. The number of nitrogens with zero attached hydrogens (tertiary/aromatic N) is 2. The minimum absolute atomic E-state index is 0.0710. The standard InChI is InChI=1S/C16H26FN3/c1-5-6-12(2)18-13(3)19-14-7-8-16(15(17)9-14)10-20(4)11-16/h5-6,14-15,19H,3,7-11H2,1-2,4H3/b6-5-,18-12-. The summed E-state index contributed by atoms with van der Waals surface area (Å²) in [6, 6.07) is 0.163. The Kier molecular flexibility index (Phi) is 4.63. The van der Waals surface area contributed by atoms with E-state index in [4.69, 9.17) is 0 Å². The van der Waals surface area contributed by atoms with Gasteiger partial charge in [-0.3, -0.25) is 0 Å². The van der Waals surface area contributed by atoms with Crippen LogP contribution in [-0.2, 0) is 0 Å². The Morgan fingerprint density at radius 1 is 1.50 bits per heavy atom. The van der Waals surface area contributed by atoms with Gasteiger partial charge in [0.2, 0.25) is 0 Å². The fraction of sp³-hybridized carbons (Fsp3) is 0.688. The number of hydrogen-bond acceptors (Lipinski definition) is 3. The molecule has 1 saturated carbocycles. The van der Waals surface area contributed by atoms with Crippen molar-refractivity contribution in [2.24, 2.45) is 10.4 Å². The number of rotatable bonds is 4. The highest BCUT2D eigenvalue weighted by Crippen LogP contribution is 2.45. The normalized spacial score (nSPS) is 30.5. The molecule has 1 aliphatic heterocycles. The number of aliphatic imine (C=N–C) groups is 1. The van der Waals surface area contributed by atoms with Gasteiger partial charge in [-0.2, -0.15) is 0 Å². The van der Waals surface area contributed by atoms with Crippen LogP contribution in [0.1, 0.15) is 33.1 Å². The van der Waals surface area contributed by atoms with Crippen molar-refractivity contribution in [3.05, 3.63) is 24.6 Å². The summed E-state index contributed by atoms with van der Waals surface area (Å²) in [6.45, 7) is 9.61. The van der Waals surface area contributed by atoms with E-state index in [1.165, 1.54) is 0 Å². The lowest BCUT2D eigenvalue weighted by atomic mass is 9.66. The third-order valence-electron chi connectivity index (χ3n) is 4.41. The Hall–Kier alpha value is -1.16. The summed E-state index contributed by atoms with van der Waals surface area (Å²) < 4.78 is 14.4. The lowest BCUT2D eigenvalue weighted by Crippen LogP contribution is -2.62. The number of nitrogens with one attached hydrogen (secondary N) is 1. The van der Waals surface area contributed by atoms with Crippen LogP contribution in [0.15, 0.2) is 29.5 Å². The molecule has 20 heavy (non-hydrogen) atoms. The lowest BCUT2D eigenvalue weighted by molar-refractivity contribution is -0.0763. The first-order chi connectivity index (χ1) is 9.45. The zero-order valence-electron chi connectivity index (χ0n) is 12.8. The monoisotopic (exact) mass is 279 g/mol. The first-order valence-electron chi connectivity index (χ1n) is 7.41. The van der Waals surface area contributed by atoms with Gasteiger partial charge in [0.05, 0.1) is 0 Å². The van der Waals surface area contributed by atoms with E-state index in [1.54, 1.807) is 0 Å². The minimum Gasteiger partial charge on any atom is -0.368 e. The molecule has 0 amide bonds. The van der Waals surface area contributed by atoms with E-state index >= 15 is 0 Å². The van der Waals surface area contributed by atoms with Gasteiger partial charge < -0.3 is 10.2 Å². The van der Waals surface area contributed by atoms with Gasteiger partial charge >= 0.3 is 0 Å². The first-order valence-corrected chi connectivity index (χ1v) is 7.41. The van der Waals surface area contributed by atoms with Crippen molar-refractivity contribution in [3.63, 3.8) is 0 Å². The molecule has 2 fully saturated rings. The molecule has 112 valence electrons. The Balaban J connectivity index is 1.84. The summed E-state index contributed by atoms with van der Waals surface area (Å²) in [5.74, 6) is 0.638. The van der Waals surface area contributed by atoms with Gasteiger partial charge in [0, 0.05) is 30.3 Å². The van der Waals surface area contributed by atoms with Crippen LogP contribution in [0.3, 0.4) is 0 Å². The second-order valence-corrected chi connectivity index (χ2v) is 6.32. The Bertz CT molecular complexity index is 421. The molecule has 1 N–H and O–H groups in total. The van der Waals surface area contributed by atoms with Gasteiger partial charge in [-0.05, 0) is 46.2 Å². The maximum Gasteiger partial charge on any atom is 0.119 e. The molecule has 0 radical (unpaired) electrons. The van der Waals surface area contributed by atoms with E-state index in [2.05, 4.69) is 28.8 Å². The molecule has 3 nitrogen and oxygen atoms in total. The van der Waals surface area contributed by atoms with Crippen molar-refractivity contribution in [1.82, 2.24) is 10.2 Å². The second kappa shape index (κ2) is 6.08. The summed E-state index contributed by atoms with van der Waals surface area (Å²) in [5, 5.41) is 3.27. The van der Waals surface area contributed by atoms with E-state index in [9.17, 15) is 4.39 Å². The van der Waals surface area contributed by atoms with E-state index < -0.39 is 6.17 Å². The van der Waals surface area contributed by atoms with Crippen molar-refractivity contribution >= 4 is 5.71 Å². The maximum absolute atomic E-state index is 14.4. The minimum atomic E-state index is -0.710. The fourth-order valence-corrected chi connectivity index (χ4v) is 3.51. The number of hydrogen-bond donors (Lipinski definition) is 1. The molecule has 0 bridgehead atoms. The highest BCUT2D eigenvalue weighted by molar-refractivity contribution is 5.93. The van der Waals surface area contributed by atoms with Gasteiger partial charge in [0.25, 0.3) is 0 Å². The molecule has 1 heterocycles. The number of likely N-dealkylation sites (tertiary alicyclic amines) is 1. The quantitative estimate of drug-likeness (QED) is 0.801. The topological polar surface area (TPSA) is 27.6 Å². The van der Waals surface area contributed by atoms with Crippen LogP contribution in [0.5, 0.6) is 0 Å². The molecule has 0 aromatic rings. The summed E-state index contributed by atoms with van der Waals surface area (Å²) in [7, 11) is 2.06. The van der Waals surface area contributed by atoms with Crippen LogP contribution in [0.4, 0.5) is 4.39 Å². The fourth-order valence-electron chi connectivity index (χ4n) is 3.51. The molecule has 2 aliphatic rings. The molecule has 0 aromatic heterocycles. The van der Waals surface area contributed by atoms with Crippen LogP contribution in [0.25, 0.3) is 0 Å². The third-order valence-corrected chi connectivity index (χ3v) is 4.41. The third kappa shape index (κ3) is 3.29. The SMILES string of the molecule is C=C(/N=C(C)\C=C/C)NC1CCC2(CN(C)C2)C(F)C1. The predicted octanol–water partition coefficient (Wildman–Crippen LogP) is 2.91. The summed E-state index contributed by atoms with van der Waals surface area (Å²) in [4.78, 5) is 6.56. The molecule has 4 heteroatoms. The second-order valence-electron chi connectivity index (χ2n) is 6.32. The number of alkyl halides is 1. The van der Waals surface area contributed by atoms with E-state index in [0.717, 1.165) is 31.6 Å². The van der Waals surface area contributed by atoms with Gasteiger partial charge in [0.15, 0.2) is 0 Å². The van der Waals surface area contributed by atoms with Gasteiger partial charge in [-0.1, -0.05) is 12.7 Å². The molecule has 2 unspecified atom stereocenters. The molecule has 2 rings (SSSR count). The highest BCUT2D eigenvalue weighted by Gasteiger charge is 2.50. The molecule has 1 saturated heterocycles. The predicted molar refractivity (Wildman–Crippen MR) is 82.7 cm³/mol. The highest BCUT2D eigenvalue weighted by atomic mass is 19.1. The molecular formula is C16H26FN3. The molecule has 1 spiro atoms. The van der Waals surface area contributed by atoms with Crippen molar-refractivity contribution in [3.8, 4) is 0 Å². The van der Waals surface area contributed by atoms with E-state index in [1.807, 2.05) is 26.0 Å². The molecule has 0 aromatic carbocycles. The van der Waals surface area contributed by atoms with Crippen LogP contribution in [0, 0.1) is 5.41 Å². The Morgan fingerprint density at radius 2 is 2.20 bits per heavy atom. The molecule has 2 atom stereocenters. The smallest absolute Gasteiger partial charge is 0.119 e. The Labute approximate surface area is 121 Å². The largest absolute Gasteiger partial charge is 0.368 e. The zero-order chi connectivity index (χ0) is 14.8. The first kappa shape index (κ1) is 15.2. The van der Waals surface area contributed by atoms with Crippen molar-refractivity contribution in [2.75, 3.05) is 20.1 Å². The molecular weight excluding hydrogens is 253 g/mol. The van der Waals surface area contributed by atoms with Gasteiger partial charge in [0.1, 0.15) is 12.0 Å². The van der Waals surface area contributed by atoms with Crippen molar-refractivity contribution < 1.29 is 4.39 Å². The maximum atomic E-state index is 14.4. The molecule has 1 aliphatic carbocycles. The summed E-state index contributed by atoms with van der Waals surface area (Å²) >= 11 is 0. The number of halogens is 1. The number of allylic oxidation sites excluding steroid dienone is 2. The summed E-state index contributed by atoms with van der Waals surface area (Å²) in [5.41, 5.74) is 0.841. The van der Waals surface area contributed by atoms with Crippen molar-refractivity contribution in [1.29, 1.82) is 0 Å². The van der Waals surface area contributed by atoms with Crippen LogP contribution < -0.4 is 5.32 Å². The van der Waals surface area contributed by atoms with Gasteiger partial charge in [-0.15, -0.1) is 0 Å². The van der Waals surface area contributed by atoms with Crippen LogP contribution >= 0.6 is 0 Å². The lowest BCUT2D eigenvalue weighted by Gasteiger charge is -2.54. The Morgan fingerprint density at radius 3 is 2.75 bits per heavy atom. The van der Waals surface area contributed by atoms with Crippen LogP contribution in [0.2, 0.25) is 0 Å². The average molecular weight is 279 g/mol. The van der Waals surface area contributed by atoms with Crippen LogP contribution in [-0.4, -0.2) is 43.0 Å². The van der Waals surface area contributed by atoms with E-state index in [-0.39, 0.29) is 11.5 Å². The van der Waals surface area contributed by atoms with E-state index in [0.29, 0.717) is 12.2 Å². The zero-order valence-corrected chi connectivity index (χ0v) is 12.8. The van der Waals surface area contributed by atoms with Crippen molar-refractivity contribution in [2.45, 2.75) is 45.3 Å².